The average Bonchev–Trinajstić information content (AvgIpc) is 3.01. The lowest BCUT2D eigenvalue weighted by atomic mass is 10.1. The maximum atomic E-state index is 4.47. The molecule has 3 nitrogen and oxygen atoms in total. The molecule has 1 aromatic rings. The Kier molecular flexibility index (Phi) is 9.82. The molecule has 2 heterocycles. The molecule has 0 bridgehead atoms. The predicted molar refractivity (Wildman–Crippen MR) is 112 cm³/mol. The first-order valence-corrected chi connectivity index (χ1v) is 9.75. The summed E-state index contributed by atoms with van der Waals surface area (Å²) in [6.07, 6.45) is 2.39. The molecule has 6 heteroatoms. The van der Waals surface area contributed by atoms with Crippen LogP contribution >= 0.6 is 47.1 Å². The minimum absolute atomic E-state index is 0. The monoisotopic (exact) mass is 453 g/mol. The molecular weight excluding hydrogens is 425 g/mol. The quantitative estimate of drug-likeness (QED) is 0.416. The van der Waals surface area contributed by atoms with Crippen LogP contribution in [-0.4, -0.2) is 48.5 Å². The number of hydrogen-bond acceptors (Lipinski definition) is 3. The van der Waals surface area contributed by atoms with Crippen LogP contribution in [0.1, 0.15) is 25.1 Å². The molecule has 2 unspecified atom stereocenters. The van der Waals surface area contributed by atoms with E-state index in [1.54, 1.807) is 0 Å². The second-order valence-corrected chi connectivity index (χ2v) is 8.10. The summed E-state index contributed by atoms with van der Waals surface area (Å²) in [6, 6.07) is 4.36. The smallest absolute Gasteiger partial charge is 0.193 e. The highest BCUT2D eigenvalue weighted by Gasteiger charge is 2.21. The minimum Gasteiger partial charge on any atom is -0.356 e. The highest BCUT2D eigenvalue weighted by molar-refractivity contribution is 14.0. The molecule has 1 N–H and O–H groups in total. The van der Waals surface area contributed by atoms with E-state index in [0.717, 1.165) is 37.3 Å². The number of thioether (sulfide) groups is 1. The summed E-state index contributed by atoms with van der Waals surface area (Å²) in [5.41, 5.74) is 0. The molecule has 0 radical (unpaired) electrons. The van der Waals surface area contributed by atoms with Gasteiger partial charge in [0.1, 0.15) is 0 Å². The van der Waals surface area contributed by atoms with Crippen molar-refractivity contribution in [3.63, 3.8) is 0 Å². The van der Waals surface area contributed by atoms with Crippen molar-refractivity contribution >= 4 is 53.0 Å². The van der Waals surface area contributed by atoms with Gasteiger partial charge in [0.15, 0.2) is 5.96 Å². The molecule has 0 aliphatic carbocycles. The van der Waals surface area contributed by atoms with Gasteiger partial charge in [0.05, 0.1) is 0 Å². The van der Waals surface area contributed by atoms with Gasteiger partial charge < -0.3 is 10.2 Å². The lowest BCUT2D eigenvalue weighted by Gasteiger charge is -2.34. The van der Waals surface area contributed by atoms with Crippen molar-refractivity contribution < 1.29 is 0 Å². The van der Waals surface area contributed by atoms with Crippen LogP contribution in [0.15, 0.2) is 22.5 Å². The molecule has 1 aliphatic heterocycles. The molecule has 1 aromatic heterocycles. The third kappa shape index (κ3) is 6.28. The number of hydrogen-bond donors (Lipinski definition) is 1. The van der Waals surface area contributed by atoms with E-state index in [1.165, 1.54) is 17.1 Å². The Labute approximate surface area is 160 Å². The fourth-order valence-corrected chi connectivity index (χ4v) is 4.65. The number of halogens is 1. The van der Waals surface area contributed by atoms with Gasteiger partial charge in [-0.15, -0.1) is 35.3 Å². The van der Waals surface area contributed by atoms with Crippen molar-refractivity contribution in [2.45, 2.75) is 31.9 Å². The number of nitrogens with one attached hydrogen (secondary N) is 1. The zero-order valence-corrected chi connectivity index (χ0v) is 17.7. The molecule has 2 rings (SSSR count). The van der Waals surface area contributed by atoms with Gasteiger partial charge in [-0.05, 0) is 30.2 Å². The largest absolute Gasteiger partial charge is 0.356 e. The number of rotatable bonds is 5. The molecule has 1 aliphatic rings. The van der Waals surface area contributed by atoms with E-state index in [-0.39, 0.29) is 24.0 Å². The lowest BCUT2D eigenvalue weighted by molar-refractivity contribution is 0.402. The third-order valence-corrected chi connectivity index (χ3v) is 6.11. The van der Waals surface area contributed by atoms with Crippen LogP contribution in [0.5, 0.6) is 0 Å². The number of guanidine groups is 1. The second-order valence-electron chi connectivity index (χ2n) is 5.66. The van der Waals surface area contributed by atoms with E-state index < -0.39 is 0 Å². The van der Waals surface area contributed by atoms with Gasteiger partial charge in [-0.1, -0.05) is 19.9 Å². The number of thiophene rings is 1. The van der Waals surface area contributed by atoms with Crippen molar-refractivity contribution in [2.24, 2.45) is 10.9 Å². The molecule has 0 saturated carbocycles. The molecular formula is C16H28IN3S2. The van der Waals surface area contributed by atoms with Crippen molar-refractivity contribution in [1.29, 1.82) is 0 Å². The molecule has 22 heavy (non-hydrogen) atoms. The zero-order valence-electron chi connectivity index (χ0n) is 13.7. The Bertz CT molecular complexity index is 437. The summed E-state index contributed by atoms with van der Waals surface area (Å²) >= 11 is 3.95. The topological polar surface area (TPSA) is 27.6 Å². The van der Waals surface area contributed by atoms with E-state index in [9.17, 15) is 0 Å². The Balaban J connectivity index is 0.00000242. The van der Waals surface area contributed by atoms with Gasteiger partial charge in [-0.2, -0.15) is 11.8 Å². The molecule has 0 spiro atoms. The minimum atomic E-state index is 0. The van der Waals surface area contributed by atoms with Crippen molar-refractivity contribution in [3.8, 4) is 0 Å². The van der Waals surface area contributed by atoms with E-state index >= 15 is 0 Å². The van der Waals surface area contributed by atoms with Gasteiger partial charge in [0.2, 0.25) is 0 Å². The second kappa shape index (κ2) is 10.8. The summed E-state index contributed by atoms with van der Waals surface area (Å²) in [5, 5.41) is 6.48. The molecule has 0 amide bonds. The fraction of sp³-hybridized carbons (Fsp3) is 0.688. The Hall–Kier alpha value is 0.0500. The maximum Gasteiger partial charge on any atom is 0.193 e. The van der Waals surface area contributed by atoms with Crippen LogP contribution in [0.3, 0.4) is 0 Å². The summed E-state index contributed by atoms with van der Waals surface area (Å²) in [4.78, 5) is 8.37. The van der Waals surface area contributed by atoms with E-state index in [0.29, 0.717) is 5.92 Å². The van der Waals surface area contributed by atoms with E-state index in [2.05, 4.69) is 58.3 Å². The zero-order chi connectivity index (χ0) is 15.1. The summed E-state index contributed by atoms with van der Waals surface area (Å²) < 4.78 is 0. The summed E-state index contributed by atoms with van der Waals surface area (Å²) in [6.45, 7) is 7.81. The summed E-state index contributed by atoms with van der Waals surface area (Å²) in [7, 11) is 1.90. The number of aliphatic imine (C=N–C) groups is 1. The molecule has 0 aromatic carbocycles. The third-order valence-electron chi connectivity index (χ3n) is 3.84. The first-order valence-electron chi connectivity index (χ1n) is 7.82. The first-order chi connectivity index (χ1) is 10.2. The molecule has 126 valence electrons. The molecule has 1 saturated heterocycles. The van der Waals surface area contributed by atoms with E-state index in [1.807, 2.05) is 18.4 Å². The van der Waals surface area contributed by atoms with Crippen molar-refractivity contribution in [2.75, 3.05) is 32.4 Å². The van der Waals surface area contributed by atoms with Crippen molar-refractivity contribution in [1.82, 2.24) is 10.2 Å². The lowest BCUT2D eigenvalue weighted by Crippen LogP contribution is -2.48. The summed E-state index contributed by atoms with van der Waals surface area (Å²) in [5.74, 6) is 2.91. The van der Waals surface area contributed by atoms with Crippen LogP contribution in [0.4, 0.5) is 0 Å². The highest BCUT2D eigenvalue weighted by Crippen LogP contribution is 2.21. The van der Waals surface area contributed by atoms with Gasteiger partial charge in [0.25, 0.3) is 0 Å². The van der Waals surface area contributed by atoms with Gasteiger partial charge in [-0.25, -0.2) is 0 Å². The average molecular weight is 453 g/mol. The Morgan fingerprint density at radius 1 is 1.55 bits per heavy atom. The van der Waals surface area contributed by atoms with Gasteiger partial charge >= 0.3 is 0 Å². The van der Waals surface area contributed by atoms with Crippen LogP contribution < -0.4 is 5.32 Å². The van der Waals surface area contributed by atoms with Gasteiger partial charge in [0, 0.05) is 42.6 Å². The SMILES string of the molecule is CCC1CN(C(=NC)NCC(C)Cc2cccs2)CCS1.I. The highest BCUT2D eigenvalue weighted by atomic mass is 127. The Morgan fingerprint density at radius 3 is 3.00 bits per heavy atom. The maximum absolute atomic E-state index is 4.47. The van der Waals surface area contributed by atoms with Gasteiger partial charge in [-0.3, -0.25) is 4.99 Å². The molecule has 2 atom stereocenters. The Morgan fingerprint density at radius 2 is 2.36 bits per heavy atom. The first kappa shape index (κ1) is 20.1. The number of nitrogens with zero attached hydrogens (tertiary/aromatic N) is 2. The van der Waals surface area contributed by atoms with Crippen LogP contribution in [0.25, 0.3) is 0 Å². The fourth-order valence-electron chi connectivity index (χ4n) is 2.60. The van der Waals surface area contributed by atoms with Crippen LogP contribution in [-0.2, 0) is 6.42 Å². The van der Waals surface area contributed by atoms with Crippen molar-refractivity contribution in [3.05, 3.63) is 22.4 Å². The van der Waals surface area contributed by atoms with Crippen LogP contribution in [0.2, 0.25) is 0 Å². The molecule has 1 fully saturated rings. The normalized spacial score (nSPS) is 20.4. The van der Waals surface area contributed by atoms with E-state index in [4.69, 9.17) is 0 Å². The van der Waals surface area contributed by atoms with Crippen LogP contribution in [0, 0.1) is 5.92 Å². The predicted octanol–water partition coefficient (Wildman–Crippen LogP) is 3.95. The standard InChI is InChI=1S/C16H27N3S2.HI/c1-4-14-12-19(7-9-21-14)16(17-3)18-11-13(2)10-15-6-5-8-20-15;/h5-6,8,13-14H,4,7,9-12H2,1-3H3,(H,17,18);1H.